The minimum Gasteiger partial charge on any atom is -0.493 e. The molecule has 1 saturated heterocycles. The number of anilines is 1. The summed E-state index contributed by atoms with van der Waals surface area (Å²) in [6.07, 6.45) is 1.51. The third-order valence-electron chi connectivity index (χ3n) is 5.65. The van der Waals surface area contributed by atoms with E-state index < -0.39 is 23.6 Å². The van der Waals surface area contributed by atoms with E-state index in [-0.39, 0.29) is 22.3 Å². The lowest BCUT2D eigenvalue weighted by Crippen LogP contribution is -2.36. The number of hydrogen-bond donors (Lipinski definition) is 1. The number of hydrogen-bond acceptors (Lipinski definition) is 7. The van der Waals surface area contributed by atoms with Gasteiger partial charge in [0, 0.05) is 11.3 Å². The zero-order chi connectivity index (χ0) is 27.2. The number of nitrogens with one attached hydrogen (secondary N) is 1. The first-order valence-electron chi connectivity index (χ1n) is 11.4. The van der Waals surface area contributed by atoms with Crippen LogP contribution in [0.2, 0.25) is 5.02 Å². The fourth-order valence-electron chi connectivity index (χ4n) is 3.70. The van der Waals surface area contributed by atoms with Gasteiger partial charge in [-0.25, -0.2) is 0 Å². The van der Waals surface area contributed by atoms with Gasteiger partial charge in [0.2, 0.25) is 5.91 Å². The SMILES string of the molecule is COc1cc(C=C2SC(=O)N(CC(=O)Nc3ccccc3C)C2=O)cc(Cl)c1OCc1ccccc1C#N. The first kappa shape index (κ1) is 26.8. The number of nitrogens with zero attached hydrogens (tertiary/aromatic N) is 2. The molecule has 0 aromatic heterocycles. The van der Waals surface area contributed by atoms with Crippen LogP contribution in [-0.2, 0) is 16.2 Å². The number of halogens is 1. The highest BCUT2D eigenvalue weighted by Crippen LogP contribution is 2.39. The number of amides is 3. The highest BCUT2D eigenvalue weighted by Gasteiger charge is 2.36. The van der Waals surface area contributed by atoms with E-state index in [1.165, 1.54) is 13.2 Å². The van der Waals surface area contributed by atoms with Crippen molar-refractivity contribution in [3.8, 4) is 17.6 Å². The number of benzene rings is 3. The molecule has 0 unspecified atom stereocenters. The van der Waals surface area contributed by atoms with Crippen molar-refractivity contribution in [2.24, 2.45) is 0 Å². The molecule has 4 rings (SSSR count). The van der Waals surface area contributed by atoms with Crippen molar-refractivity contribution in [1.29, 1.82) is 5.26 Å². The molecule has 1 N–H and O–H groups in total. The van der Waals surface area contributed by atoms with Gasteiger partial charge in [0.25, 0.3) is 11.1 Å². The van der Waals surface area contributed by atoms with Crippen LogP contribution in [0.25, 0.3) is 6.08 Å². The Hall–Kier alpha value is -4.26. The fourth-order valence-corrected chi connectivity index (χ4v) is 4.81. The third kappa shape index (κ3) is 5.99. The number of aryl methyl sites for hydroxylation is 1. The van der Waals surface area contributed by atoms with Crippen LogP contribution in [0.1, 0.15) is 22.3 Å². The third-order valence-corrected chi connectivity index (χ3v) is 6.84. The van der Waals surface area contributed by atoms with E-state index in [4.69, 9.17) is 21.1 Å². The van der Waals surface area contributed by atoms with E-state index in [1.54, 1.807) is 48.5 Å². The molecule has 0 spiro atoms. The minimum absolute atomic E-state index is 0.0998. The number of carbonyl (C=O) groups is 3. The number of para-hydroxylation sites is 1. The van der Waals surface area contributed by atoms with Crippen molar-refractivity contribution in [2.75, 3.05) is 19.0 Å². The summed E-state index contributed by atoms with van der Waals surface area (Å²) < 4.78 is 11.3. The Morgan fingerprint density at radius 2 is 1.89 bits per heavy atom. The molecule has 1 aliphatic heterocycles. The molecule has 0 saturated carbocycles. The van der Waals surface area contributed by atoms with Gasteiger partial charge >= 0.3 is 0 Å². The molecule has 1 heterocycles. The summed E-state index contributed by atoms with van der Waals surface area (Å²) in [4.78, 5) is 39.0. The lowest BCUT2D eigenvalue weighted by Gasteiger charge is -2.14. The molecule has 3 aromatic carbocycles. The van der Waals surface area contributed by atoms with Crippen LogP contribution in [0.15, 0.2) is 65.6 Å². The molecule has 3 amide bonds. The number of ether oxygens (including phenoxy) is 2. The molecule has 0 bridgehead atoms. The van der Waals surface area contributed by atoms with Gasteiger partial charge in [-0.2, -0.15) is 5.26 Å². The molecule has 38 heavy (non-hydrogen) atoms. The number of methoxy groups -OCH3 is 1. The standard InChI is InChI=1S/C28H22ClN3O5S/c1-17-7-3-6-10-22(17)31-25(33)15-32-27(34)24(38-28(32)35)13-18-11-21(29)26(23(12-18)36-2)37-16-20-9-5-4-8-19(20)14-30/h3-13H,15-16H2,1-2H3,(H,31,33). The Morgan fingerprint density at radius 3 is 2.63 bits per heavy atom. The van der Waals surface area contributed by atoms with Gasteiger partial charge in [0.15, 0.2) is 11.5 Å². The zero-order valence-electron chi connectivity index (χ0n) is 20.5. The van der Waals surface area contributed by atoms with Crippen LogP contribution in [0.4, 0.5) is 10.5 Å². The summed E-state index contributed by atoms with van der Waals surface area (Å²) in [6.45, 7) is 1.54. The van der Waals surface area contributed by atoms with Crippen LogP contribution in [0, 0.1) is 18.3 Å². The van der Waals surface area contributed by atoms with E-state index in [0.717, 1.165) is 22.2 Å². The van der Waals surface area contributed by atoms with Gasteiger partial charge in [0.1, 0.15) is 13.2 Å². The molecule has 3 aromatic rings. The quantitative estimate of drug-likeness (QED) is 0.356. The lowest BCUT2D eigenvalue weighted by atomic mass is 10.1. The first-order chi connectivity index (χ1) is 18.3. The number of rotatable bonds is 8. The average Bonchev–Trinajstić information content (AvgIpc) is 3.16. The van der Waals surface area contributed by atoms with E-state index in [1.807, 2.05) is 19.1 Å². The lowest BCUT2D eigenvalue weighted by molar-refractivity contribution is -0.127. The monoisotopic (exact) mass is 547 g/mol. The largest absolute Gasteiger partial charge is 0.493 e. The minimum atomic E-state index is -0.580. The van der Waals surface area contributed by atoms with Crippen molar-refractivity contribution >= 4 is 52.2 Å². The predicted molar refractivity (Wildman–Crippen MR) is 146 cm³/mol. The summed E-state index contributed by atoms with van der Waals surface area (Å²) in [7, 11) is 1.45. The molecule has 1 fully saturated rings. The molecule has 8 nitrogen and oxygen atoms in total. The number of nitriles is 1. The van der Waals surface area contributed by atoms with Crippen molar-refractivity contribution in [3.05, 3.63) is 92.8 Å². The summed E-state index contributed by atoms with van der Waals surface area (Å²) >= 11 is 7.21. The smallest absolute Gasteiger partial charge is 0.294 e. The van der Waals surface area contributed by atoms with Crippen molar-refractivity contribution in [1.82, 2.24) is 4.90 Å². The summed E-state index contributed by atoms with van der Waals surface area (Å²) in [6, 6.07) is 19.6. The summed E-state index contributed by atoms with van der Waals surface area (Å²) in [5.74, 6) is -0.467. The summed E-state index contributed by atoms with van der Waals surface area (Å²) in [5.41, 5.74) is 3.16. The maximum Gasteiger partial charge on any atom is 0.294 e. The average molecular weight is 548 g/mol. The second-order valence-electron chi connectivity index (χ2n) is 8.22. The molecule has 1 aliphatic rings. The van der Waals surface area contributed by atoms with Crippen LogP contribution in [0.3, 0.4) is 0 Å². The van der Waals surface area contributed by atoms with Crippen LogP contribution >= 0.6 is 23.4 Å². The molecule has 0 atom stereocenters. The summed E-state index contributed by atoms with van der Waals surface area (Å²) in [5, 5.41) is 11.7. The molecule has 0 radical (unpaired) electrons. The fraction of sp³-hybridized carbons (Fsp3) is 0.143. The Kier molecular flexibility index (Phi) is 8.36. The van der Waals surface area contributed by atoms with Gasteiger partial charge < -0.3 is 14.8 Å². The molecular weight excluding hydrogens is 526 g/mol. The Balaban J connectivity index is 1.49. The van der Waals surface area contributed by atoms with Crippen molar-refractivity contribution in [2.45, 2.75) is 13.5 Å². The van der Waals surface area contributed by atoms with E-state index in [9.17, 15) is 19.6 Å². The van der Waals surface area contributed by atoms with Crippen LogP contribution in [-0.4, -0.2) is 35.6 Å². The Bertz CT molecular complexity index is 1500. The topological polar surface area (TPSA) is 109 Å². The molecule has 0 aliphatic carbocycles. The predicted octanol–water partition coefficient (Wildman–Crippen LogP) is 5.78. The van der Waals surface area contributed by atoms with Gasteiger partial charge in [-0.15, -0.1) is 0 Å². The zero-order valence-corrected chi connectivity index (χ0v) is 22.1. The number of carbonyl (C=O) groups excluding carboxylic acids is 3. The van der Waals surface area contributed by atoms with E-state index >= 15 is 0 Å². The molecule has 10 heteroatoms. The highest BCUT2D eigenvalue weighted by atomic mass is 35.5. The van der Waals surface area contributed by atoms with E-state index in [2.05, 4.69) is 11.4 Å². The van der Waals surface area contributed by atoms with Crippen molar-refractivity contribution < 1.29 is 23.9 Å². The first-order valence-corrected chi connectivity index (χ1v) is 12.6. The Labute approximate surface area is 228 Å². The number of imide groups is 1. The number of thioether (sulfide) groups is 1. The molecular formula is C28H22ClN3O5S. The van der Waals surface area contributed by atoms with Gasteiger partial charge in [-0.1, -0.05) is 48.0 Å². The van der Waals surface area contributed by atoms with Crippen LogP contribution < -0.4 is 14.8 Å². The van der Waals surface area contributed by atoms with Gasteiger partial charge in [-0.05, 0) is 60.2 Å². The second-order valence-corrected chi connectivity index (χ2v) is 9.62. The maximum atomic E-state index is 12.9. The van der Waals surface area contributed by atoms with Gasteiger partial charge in [0.05, 0.1) is 28.7 Å². The molecule has 192 valence electrons. The maximum absolute atomic E-state index is 12.9. The normalized spacial score (nSPS) is 13.9. The second kappa shape index (κ2) is 11.9. The van der Waals surface area contributed by atoms with Gasteiger partial charge in [-0.3, -0.25) is 19.3 Å². The highest BCUT2D eigenvalue weighted by molar-refractivity contribution is 8.18. The van der Waals surface area contributed by atoms with Crippen molar-refractivity contribution in [3.63, 3.8) is 0 Å². The Morgan fingerprint density at radius 1 is 1.16 bits per heavy atom. The van der Waals surface area contributed by atoms with Crippen LogP contribution in [0.5, 0.6) is 11.5 Å². The van der Waals surface area contributed by atoms with E-state index in [0.29, 0.717) is 28.1 Å².